The highest BCUT2D eigenvalue weighted by Gasteiger charge is 2.41. The maximum absolute atomic E-state index is 14.6. The molecule has 0 aliphatic carbocycles. The second kappa shape index (κ2) is 29.0. The third-order valence-corrected chi connectivity index (χ3v) is 12.6. The standard InChI is InChI=1S/C52H72N12O12/c1-28(2)42(62-45(69)36(12-8-22-57-52(55)56)58-44(68)35(54)27-41(66)67)48(72)59-37(24-32-16-20-34(65)21-17-32)46(70)63-43(29(3)4)49(73)60-38(25-31-14-18-33(53)19-15-31)50(74)64-23-9-13-40(64)47(71)61-39(51(75)76)26-30-10-6-5-7-11-30/h5-7,10-11,14-21,28-29,35-40,42-43,65H,8-9,12-13,22-27,53-54H2,1-4H3,(H,58,68)(H,59,72)(H,60,73)(H,61,71)(H,62,69)(H,63,70)(H,66,67)(H,75,76)(H4,55,56,57)/t35-,36-,37-,38-,39-,40-,42-,43-/m0/s1. The van der Waals surface area contributed by atoms with Gasteiger partial charge in [-0.15, -0.1) is 0 Å². The molecule has 17 N–H and O–H groups in total. The van der Waals surface area contributed by atoms with E-state index in [9.17, 15) is 58.5 Å². The molecule has 3 aromatic rings. The number of nitrogen functional groups attached to an aromatic ring is 1. The van der Waals surface area contributed by atoms with Gasteiger partial charge in [0.15, 0.2) is 5.96 Å². The lowest BCUT2D eigenvalue weighted by Crippen LogP contribution is -2.62. The highest BCUT2D eigenvalue weighted by atomic mass is 16.4. The summed E-state index contributed by atoms with van der Waals surface area (Å²) in [5.41, 5.74) is 24.8. The number of carboxylic acids is 2. The van der Waals surface area contributed by atoms with Gasteiger partial charge < -0.3 is 75.1 Å². The van der Waals surface area contributed by atoms with E-state index in [0.717, 1.165) is 0 Å². The third kappa shape index (κ3) is 18.9. The largest absolute Gasteiger partial charge is 0.508 e. The van der Waals surface area contributed by atoms with Gasteiger partial charge in [0.2, 0.25) is 41.4 Å². The van der Waals surface area contributed by atoms with Crippen molar-refractivity contribution in [1.82, 2.24) is 36.8 Å². The first-order valence-electron chi connectivity index (χ1n) is 25.0. The van der Waals surface area contributed by atoms with Crippen molar-refractivity contribution in [3.63, 3.8) is 0 Å². The molecule has 1 aliphatic heterocycles. The Balaban J connectivity index is 1.60. The van der Waals surface area contributed by atoms with Gasteiger partial charge in [-0.25, -0.2) is 4.79 Å². The maximum Gasteiger partial charge on any atom is 0.326 e. The summed E-state index contributed by atoms with van der Waals surface area (Å²) in [6.45, 7) is 6.71. The van der Waals surface area contributed by atoms with Crippen LogP contribution in [0.15, 0.2) is 83.9 Å². The summed E-state index contributed by atoms with van der Waals surface area (Å²) in [6, 6.07) is 10.5. The molecule has 1 heterocycles. The van der Waals surface area contributed by atoms with Crippen LogP contribution in [0.5, 0.6) is 5.75 Å². The molecule has 1 fully saturated rings. The molecular weight excluding hydrogens is 985 g/mol. The number of carbonyl (C=O) groups is 9. The number of benzene rings is 3. The first-order chi connectivity index (χ1) is 35.9. The first kappa shape index (κ1) is 60.3. The molecule has 0 saturated carbocycles. The molecule has 1 aliphatic rings. The van der Waals surface area contributed by atoms with Crippen molar-refractivity contribution in [2.45, 2.75) is 127 Å². The van der Waals surface area contributed by atoms with Crippen molar-refractivity contribution in [1.29, 1.82) is 0 Å². The van der Waals surface area contributed by atoms with Crippen molar-refractivity contribution < 1.29 is 58.5 Å². The van der Waals surface area contributed by atoms with Crippen molar-refractivity contribution >= 4 is 64.9 Å². The lowest BCUT2D eigenvalue weighted by molar-refractivity contribution is -0.145. The van der Waals surface area contributed by atoms with E-state index in [1.54, 1.807) is 82.3 Å². The number of rotatable bonds is 28. The van der Waals surface area contributed by atoms with E-state index < -0.39 is 120 Å². The second-order valence-corrected chi connectivity index (χ2v) is 19.4. The molecule has 0 bridgehead atoms. The van der Waals surface area contributed by atoms with Gasteiger partial charge in [-0.05, 0) is 78.5 Å². The highest BCUT2D eigenvalue weighted by molar-refractivity contribution is 5.98. The van der Waals surface area contributed by atoms with Gasteiger partial charge in [0, 0.05) is 38.0 Å². The molecule has 3 aromatic carbocycles. The number of anilines is 1. The number of nitrogens with zero attached hydrogens (tertiary/aromatic N) is 2. The Morgan fingerprint density at radius 2 is 1.13 bits per heavy atom. The molecule has 412 valence electrons. The fraction of sp³-hybridized carbons (Fsp3) is 0.462. The SMILES string of the molecule is CC(C)[C@H](NC(=O)[C@H](CCCN=C(N)N)NC(=O)[C@@H](N)CC(=O)O)C(=O)N[C@@H](Cc1ccc(O)cc1)C(=O)N[C@H](C(=O)N[C@@H](Cc1ccc(N)cc1)C(=O)N1CCC[C@H]1C(=O)N[C@@H](Cc1ccccc1)C(=O)O)C(C)C. The number of nitrogens with one attached hydrogen (secondary N) is 6. The van der Waals surface area contributed by atoms with Gasteiger partial charge in [0.05, 0.1) is 12.5 Å². The Bertz CT molecular complexity index is 2520. The van der Waals surface area contributed by atoms with E-state index in [1.807, 2.05) is 0 Å². The van der Waals surface area contributed by atoms with Gasteiger partial charge in [0.25, 0.3) is 0 Å². The minimum Gasteiger partial charge on any atom is -0.508 e. The second-order valence-electron chi connectivity index (χ2n) is 19.4. The quantitative estimate of drug-likeness (QED) is 0.0182. The summed E-state index contributed by atoms with van der Waals surface area (Å²) in [4.78, 5) is 127. The van der Waals surface area contributed by atoms with Crippen LogP contribution in [0.2, 0.25) is 0 Å². The number of aromatic hydroxyl groups is 1. The lowest BCUT2D eigenvalue weighted by Gasteiger charge is -2.32. The van der Waals surface area contributed by atoms with E-state index in [4.69, 9.17) is 22.9 Å². The van der Waals surface area contributed by atoms with Crippen molar-refractivity contribution in [2.24, 2.45) is 34.0 Å². The number of hydrogen-bond donors (Lipinski definition) is 13. The average molecular weight is 1060 g/mol. The van der Waals surface area contributed by atoms with Gasteiger partial charge in [-0.3, -0.25) is 43.3 Å². The fourth-order valence-electron chi connectivity index (χ4n) is 8.42. The van der Waals surface area contributed by atoms with Crippen LogP contribution in [0.1, 0.15) is 76.5 Å². The Morgan fingerprint density at radius 3 is 1.67 bits per heavy atom. The molecule has 0 spiro atoms. The van der Waals surface area contributed by atoms with Crippen LogP contribution in [-0.4, -0.2) is 141 Å². The van der Waals surface area contributed by atoms with Crippen molar-refractivity contribution in [2.75, 3.05) is 18.8 Å². The molecule has 24 heteroatoms. The molecule has 0 aromatic heterocycles. The predicted octanol–water partition coefficient (Wildman–Crippen LogP) is -0.846. The number of amides is 7. The number of hydrogen-bond acceptors (Lipinski definition) is 13. The summed E-state index contributed by atoms with van der Waals surface area (Å²) in [5, 5.41) is 45.1. The number of nitrogens with two attached hydrogens (primary N) is 4. The number of phenols is 1. The Hall–Kier alpha value is -8.28. The van der Waals surface area contributed by atoms with Crippen LogP contribution in [0.4, 0.5) is 5.69 Å². The van der Waals surface area contributed by atoms with E-state index in [0.29, 0.717) is 28.8 Å². The molecule has 8 atom stereocenters. The zero-order valence-electron chi connectivity index (χ0n) is 43.1. The topological polar surface area (TPSA) is 406 Å². The number of guanidine groups is 1. The summed E-state index contributed by atoms with van der Waals surface area (Å²) in [7, 11) is 0. The molecule has 4 rings (SSSR count). The number of aliphatic carboxylic acids is 2. The van der Waals surface area contributed by atoms with Crippen molar-refractivity contribution in [3.05, 3.63) is 95.6 Å². The fourth-order valence-corrected chi connectivity index (χ4v) is 8.42. The predicted molar refractivity (Wildman–Crippen MR) is 280 cm³/mol. The monoisotopic (exact) mass is 1060 g/mol. The van der Waals surface area contributed by atoms with Crippen LogP contribution in [0.25, 0.3) is 0 Å². The van der Waals surface area contributed by atoms with Crippen LogP contribution < -0.4 is 54.8 Å². The number of likely N-dealkylation sites (tertiary alicyclic amines) is 1. The van der Waals surface area contributed by atoms with E-state index in [1.165, 1.54) is 29.2 Å². The van der Waals surface area contributed by atoms with E-state index >= 15 is 0 Å². The van der Waals surface area contributed by atoms with Gasteiger partial charge in [-0.2, -0.15) is 0 Å². The van der Waals surface area contributed by atoms with Gasteiger partial charge in [-0.1, -0.05) is 82.3 Å². The summed E-state index contributed by atoms with van der Waals surface area (Å²) in [6.07, 6.45) is -0.258. The smallest absolute Gasteiger partial charge is 0.326 e. The zero-order chi connectivity index (χ0) is 56.2. The van der Waals surface area contributed by atoms with Crippen LogP contribution >= 0.6 is 0 Å². The van der Waals surface area contributed by atoms with Crippen LogP contribution in [-0.2, 0) is 62.4 Å². The molecule has 1 saturated heterocycles. The highest BCUT2D eigenvalue weighted by Crippen LogP contribution is 2.22. The molecule has 0 radical (unpaired) electrons. The molecule has 0 unspecified atom stereocenters. The van der Waals surface area contributed by atoms with Gasteiger partial charge >= 0.3 is 11.9 Å². The average Bonchev–Trinajstić information content (AvgIpc) is 3.86. The molecule has 7 amide bonds. The van der Waals surface area contributed by atoms with E-state index in [2.05, 4.69) is 36.9 Å². The molecular formula is C52H72N12O12. The Kier molecular flexibility index (Phi) is 23.0. The van der Waals surface area contributed by atoms with Crippen LogP contribution in [0.3, 0.4) is 0 Å². The number of carbonyl (C=O) groups excluding carboxylic acids is 7. The summed E-state index contributed by atoms with van der Waals surface area (Å²) in [5.74, 6) is -9.74. The van der Waals surface area contributed by atoms with E-state index in [-0.39, 0.29) is 63.3 Å². The van der Waals surface area contributed by atoms with Gasteiger partial charge in [0.1, 0.15) is 48.0 Å². The molecule has 76 heavy (non-hydrogen) atoms. The summed E-state index contributed by atoms with van der Waals surface area (Å²) < 4.78 is 0. The minimum atomic E-state index is -1.51. The van der Waals surface area contributed by atoms with Crippen molar-refractivity contribution in [3.8, 4) is 5.75 Å². The first-order valence-corrected chi connectivity index (χ1v) is 25.0. The zero-order valence-corrected chi connectivity index (χ0v) is 43.1. The third-order valence-electron chi connectivity index (χ3n) is 12.6. The number of aliphatic imine (C=N–C) groups is 1. The lowest BCUT2D eigenvalue weighted by atomic mass is 9.98. The Morgan fingerprint density at radius 1 is 0.632 bits per heavy atom. The molecule has 24 nitrogen and oxygen atoms in total. The maximum atomic E-state index is 14.6. The summed E-state index contributed by atoms with van der Waals surface area (Å²) >= 11 is 0. The number of phenolic OH excluding ortho intramolecular Hbond substituents is 1. The minimum absolute atomic E-state index is 0.00518. The normalized spacial score (nSPS) is 15.9. The van der Waals surface area contributed by atoms with Crippen LogP contribution in [0, 0.1) is 11.8 Å². The Labute approximate surface area is 440 Å². The number of carboxylic acid groups (broad SMARTS) is 2.